The molecule has 0 unspecified atom stereocenters. The van der Waals surface area contributed by atoms with Crippen LogP contribution in [0.15, 0.2) is 23.6 Å². The number of aliphatic hydroxyl groups excluding tert-OH is 1. The standard InChI is InChI=1S/C15H27NO2/c1-11-13(12(2)17)14(3,4)7-9-16(11)10-8-15(5,6)18/h17-18H,2,7-10H2,1,3-6H3. The molecule has 1 rings (SSSR count). The maximum absolute atomic E-state index is 9.80. The third kappa shape index (κ3) is 3.52. The van der Waals surface area contributed by atoms with Crippen molar-refractivity contribution >= 4 is 0 Å². The van der Waals surface area contributed by atoms with Crippen molar-refractivity contribution in [2.45, 2.75) is 53.1 Å². The number of hydrogen-bond donors (Lipinski definition) is 2. The molecule has 0 spiro atoms. The molecule has 0 aromatic carbocycles. The fourth-order valence-electron chi connectivity index (χ4n) is 2.64. The van der Waals surface area contributed by atoms with Gasteiger partial charge in [0.05, 0.1) is 5.60 Å². The van der Waals surface area contributed by atoms with Gasteiger partial charge in [-0.1, -0.05) is 20.4 Å². The van der Waals surface area contributed by atoms with Crippen LogP contribution in [-0.4, -0.2) is 33.8 Å². The Morgan fingerprint density at radius 3 is 2.44 bits per heavy atom. The monoisotopic (exact) mass is 253 g/mol. The summed E-state index contributed by atoms with van der Waals surface area (Å²) in [6, 6.07) is 0. The number of allylic oxidation sites excluding steroid dienone is 2. The minimum atomic E-state index is -0.649. The Morgan fingerprint density at radius 1 is 1.44 bits per heavy atom. The second-order valence-electron chi connectivity index (χ2n) is 6.59. The minimum absolute atomic E-state index is 0.0266. The summed E-state index contributed by atoms with van der Waals surface area (Å²) in [6.45, 7) is 15.4. The summed E-state index contributed by atoms with van der Waals surface area (Å²) in [5.41, 5.74) is 1.36. The van der Waals surface area contributed by atoms with E-state index in [1.807, 2.05) is 20.8 Å². The zero-order chi connectivity index (χ0) is 14.1. The van der Waals surface area contributed by atoms with Gasteiger partial charge in [-0.3, -0.25) is 0 Å². The van der Waals surface area contributed by atoms with Crippen LogP contribution >= 0.6 is 0 Å². The molecular formula is C15H27NO2. The zero-order valence-corrected chi connectivity index (χ0v) is 12.4. The maximum atomic E-state index is 9.80. The van der Waals surface area contributed by atoms with E-state index in [1.54, 1.807) is 0 Å². The van der Waals surface area contributed by atoms with Crippen LogP contribution in [0.2, 0.25) is 0 Å². The lowest BCUT2D eigenvalue weighted by Gasteiger charge is -2.41. The van der Waals surface area contributed by atoms with Gasteiger partial charge < -0.3 is 15.1 Å². The molecule has 0 atom stereocenters. The molecule has 104 valence electrons. The van der Waals surface area contributed by atoms with Gasteiger partial charge in [0.25, 0.3) is 0 Å². The van der Waals surface area contributed by atoms with Gasteiger partial charge in [-0.2, -0.15) is 0 Å². The lowest BCUT2D eigenvalue weighted by Crippen LogP contribution is -2.38. The van der Waals surface area contributed by atoms with Crippen LogP contribution in [-0.2, 0) is 0 Å². The van der Waals surface area contributed by atoms with E-state index in [-0.39, 0.29) is 11.2 Å². The molecule has 0 amide bonds. The Bertz CT molecular complexity index is 361. The Labute approximate surface area is 111 Å². The van der Waals surface area contributed by atoms with Crippen molar-refractivity contribution in [1.29, 1.82) is 0 Å². The Balaban J connectivity index is 2.91. The molecule has 0 aromatic rings. The first kappa shape index (κ1) is 15.1. The summed E-state index contributed by atoms with van der Waals surface area (Å²) < 4.78 is 0. The van der Waals surface area contributed by atoms with Gasteiger partial charge >= 0.3 is 0 Å². The molecule has 0 aliphatic carbocycles. The average molecular weight is 253 g/mol. The van der Waals surface area contributed by atoms with Gasteiger partial charge in [0.1, 0.15) is 5.76 Å². The van der Waals surface area contributed by atoms with Crippen molar-refractivity contribution < 1.29 is 10.2 Å². The SMILES string of the molecule is C=C(O)C1=C(C)N(CCC(C)(C)O)CCC1(C)C. The van der Waals surface area contributed by atoms with Crippen molar-refractivity contribution in [3.63, 3.8) is 0 Å². The third-order valence-corrected chi connectivity index (χ3v) is 3.80. The predicted octanol–water partition coefficient (Wildman–Crippen LogP) is 3.23. The predicted molar refractivity (Wildman–Crippen MR) is 75.4 cm³/mol. The first-order valence-electron chi connectivity index (χ1n) is 6.61. The van der Waals surface area contributed by atoms with Gasteiger partial charge in [-0.25, -0.2) is 0 Å². The van der Waals surface area contributed by atoms with E-state index >= 15 is 0 Å². The van der Waals surface area contributed by atoms with Gasteiger partial charge in [0, 0.05) is 24.4 Å². The van der Waals surface area contributed by atoms with Crippen LogP contribution in [0.5, 0.6) is 0 Å². The van der Waals surface area contributed by atoms with Gasteiger partial charge in [0.15, 0.2) is 0 Å². The number of rotatable bonds is 4. The maximum Gasteiger partial charge on any atom is 0.113 e. The minimum Gasteiger partial charge on any atom is -0.508 e. The normalized spacial score (nSPS) is 20.2. The molecule has 0 saturated carbocycles. The molecule has 18 heavy (non-hydrogen) atoms. The second-order valence-corrected chi connectivity index (χ2v) is 6.59. The smallest absolute Gasteiger partial charge is 0.113 e. The van der Waals surface area contributed by atoms with E-state index in [4.69, 9.17) is 0 Å². The highest BCUT2D eigenvalue weighted by molar-refractivity contribution is 5.34. The molecular weight excluding hydrogens is 226 g/mol. The fourth-order valence-corrected chi connectivity index (χ4v) is 2.64. The second kappa shape index (κ2) is 4.96. The molecule has 0 bridgehead atoms. The Kier molecular flexibility index (Phi) is 4.16. The summed E-state index contributed by atoms with van der Waals surface area (Å²) in [5.74, 6) is 0.172. The van der Waals surface area contributed by atoms with Crippen molar-refractivity contribution in [2.75, 3.05) is 13.1 Å². The molecule has 3 nitrogen and oxygen atoms in total. The van der Waals surface area contributed by atoms with Gasteiger partial charge in [0.2, 0.25) is 0 Å². The summed E-state index contributed by atoms with van der Waals surface area (Å²) in [5, 5.41) is 19.6. The summed E-state index contributed by atoms with van der Waals surface area (Å²) in [7, 11) is 0. The van der Waals surface area contributed by atoms with E-state index in [9.17, 15) is 10.2 Å². The van der Waals surface area contributed by atoms with E-state index in [1.165, 1.54) is 0 Å². The summed E-state index contributed by atoms with van der Waals surface area (Å²) >= 11 is 0. The topological polar surface area (TPSA) is 43.7 Å². The van der Waals surface area contributed by atoms with Gasteiger partial charge in [-0.05, 0) is 39.0 Å². The molecule has 0 fully saturated rings. The van der Waals surface area contributed by atoms with Gasteiger partial charge in [-0.15, -0.1) is 0 Å². The molecule has 3 heteroatoms. The molecule has 2 N–H and O–H groups in total. The lowest BCUT2D eigenvalue weighted by atomic mass is 9.76. The summed E-state index contributed by atoms with van der Waals surface area (Å²) in [4.78, 5) is 2.24. The first-order valence-corrected chi connectivity index (χ1v) is 6.61. The largest absolute Gasteiger partial charge is 0.508 e. The quantitative estimate of drug-likeness (QED) is 0.756. The highest BCUT2D eigenvalue weighted by atomic mass is 16.3. The van der Waals surface area contributed by atoms with E-state index in [2.05, 4.69) is 25.3 Å². The van der Waals surface area contributed by atoms with Crippen molar-refractivity contribution in [1.82, 2.24) is 4.90 Å². The molecule has 0 radical (unpaired) electrons. The zero-order valence-electron chi connectivity index (χ0n) is 12.4. The van der Waals surface area contributed by atoms with Crippen LogP contribution in [0.3, 0.4) is 0 Å². The van der Waals surface area contributed by atoms with Crippen LogP contribution < -0.4 is 0 Å². The Morgan fingerprint density at radius 2 is 2.00 bits per heavy atom. The molecule has 0 saturated heterocycles. The van der Waals surface area contributed by atoms with E-state index in [0.717, 1.165) is 37.2 Å². The van der Waals surface area contributed by atoms with Crippen LogP contribution in [0.25, 0.3) is 0 Å². The highest BCUT2D eigenvalue weighted by Gasteiger charge is 2.33. The first-order chi connectivity index (χ1) is 8.04. The Hall–Kier alpha value is -0.960. The number of hydrogen-bond acceptors (Lipinski definition) is 3. The molecule has 1 aliphatic heterocycles. The lowest BCUT2D eigenvalue weighted by molar-refractivity contribution is 0.0589. The molecule has 1 heterocycles. The van der Waals surface area contributed by atoms with E-state index < -0.39 is 5.60 Å². The fraction of sp³-hybridized carbons (Fsp3) is 0.733. The van der Waals surface area contributed by atoms with E-state index in [0.29, 0.717) is 0 Å². The van der Waals surface area contributed by atoms with Crippen molar-refractivity contribution in [2.24, 2.45) is 5.41 Å². The van der Waals surface area contributed by atoms with Crippen molar-refractivity contribution in [3.05, 3.63) is 23.6 Å². The van der Waals surface area contributed by atoms with Crippen molar-refractivity contribution in [3.8, 4) is 0 Å². The summed E-state index contributed by atoms with van der Waals surface area (Å²) in [6.07, 6.45) is 1.71. The molecule has 1 aliphatic rings. The number of nitrogens with zero attached hydrogens (tertiary/aromatic N) is 1. The van der Waals surface area contributed by atoms with Crippen LogP contribution in [0.1, 0.15) is 47.5 Å². The average Bonchev–Trinajstić information content (AvgIpc) is 2.13. The third-order valence-electron chi connectivity index (χ3n) is 3.80. The molecule has 0 aromatic heterocycles. The highest BCUT2D eigenvalue weighted by Crippen LogP contribution is 2.40. The number of aliphatic hydroxyl groups is 2. The van der Waals surface area contributed by atoms with Crippen LogP contribution in [0, 0.1) is 5.41 Å². The van der Waals surface area contributed by atoms with Crippen LogP contribution in [0.4, 0.5) is 0 Å².